The van der Waals surface area contributed by atoms with Gasteiger partial charge in [0, 0.05) is 42.5 Å². The Morgan fingerprint density at radius 3 is 2.30 bits per heavy atom. The molecule has 2 amide bonds. The van der Waals surface area contributed by atoms with Crippen molar-refractivity contribution in [3.8, 4) is 0 Å². The number of sulfonamides is 1. The largest absolute Gasteiger partial charge is 0.379 e. The van der Waals surface area contributed by atoms with E-state index in [1.807, 2.05) is 0 Å². The molecule has 0 radical (unpaired) electrons. The van der Waals surface area contributed by atoms with Gasteiger partial charge in [-0.2, -0.15) is 4.31 Å². The first-order chi connectivity index (χ1) is 15.8. The standard InChI is InChI=1S/C23H26ClN3O5S/c24-19-5-3-17(4-6-19)23(29)26-11-1-2-18(16-26)22(28)25-20-7-9-21(10-8-20)33(30,31)27-12-14-32-15-13-27/h3-10,18H,1-2,11-16H2,(H,25,28). The van der Waals surface area contributed by atoms with Gasteiger partial charge < -0.3 is 15.0 Å². The van der Waals surface area contributed by atoms with Crippen molar-refractivity contribution in [2.45, 2.75) is 17.7 Å². The van der Waals surface area contributed by atoms with Crippen LogP contribution in [0.3, 0.4) is 0 Å². The lowest BCUT2D eigenvalue weighted by atomic mass is 9.96. The van der Waals surface area contributed by atoms with E-state index in [0.29, 0.717) is 62.1 Å². The van der Waals surface area contributed by atoms with Gasteiger partial charge in [-0.3, -0.25) is 9.59 Å². The van der Waals surface area contributed by atoms with Crippen molar-refractivity contribution in [3.05, 3.63) is 59.1 Å². The van der Waals surface area contributed by atoms with Crippen molar-refractivity contribution < 1.29 is 22.7 Å². The van der Waals surface area contributed by atoms with E-state index in [1.54, 1.807) is 41.3 Å². The molecule has 0 spiro atoms. The minimum atomic E-state index is -3.59. The summed E-state index contributed by atoms with van der Waals surface area (Å²) in [4.78, 5) is 27.5. The van der Waals surface area contributed by atoms with Crippen LogP contribution in [0.4, 0.5) is 5.69 Å². The third-order valence-corrected chi connectivity index (χ3v) is 8.07. The van der Waals surface area contributed by atoms with Crippen molar-refractivity contribution in [1.82, 2.24) is 9.21 Å². The predicted octanol–water partition coefficient (Wildman–Crippen LogP) is 2.85. The Labute approximate surface area is 198 Å². The summed E-state index contributed by atoms with van der Waals surface area (Å²) in [5.41, 5.74) is 1.06. The molecule has 2 heterocycles. The van der Waals surface area contributed by atoms with E-state index in [0.717, 1.165) is 6.42 Å². The fourth-order valence-electron chi connectivity index (χ4n) is 4.04. The van der Waals surface area contributed by atoms with E-state index in [4.69, 9.17) is 16.3 Å². The van der Waals surface area contributed by atoms with E-state index >= 15 is 0 Å². The summed E-state index contributed by atoms with van der Waals surface area (Å²) in [6.45, 7) is 2.34. The van der Waals surface area contributed by atoms with Gasteiger partial charge in [-0.05, 0) is 61.4 Å². The van der Waals surface area contributed by atoms with Gasteiger partial charge in [-0.1, -0.05) is 11.6 Å². The number of carbonyl (C=O) groups excluding carboxylic acids is 2. The number of hydrogen-bond acceptors (Lipinski definition) is 5. The van der Waals surface area contributed by atoms with E-state index in [1.165, 1.54) is 16.4 Å². The number of carbonyl (C=O) groups is 2. The highest BCUT2D eigenvalue weighted by molar-refractivity contribution is 7.89. The molecular formula is C23H26ClN3O5S. The monoisotopic (exact) mass is 491 g/mol. The molecule has 2 aliphatic heterocycles. The van der Waals surface area contributed by atoms with Crippen LogP contribution in [0, 0.1) is 5.92 Å². The van der Waals surface area contributed by atoms with E-state index in [9.17, 15) is 18.0 Å². The number of likely N-dealkylation sites (tertiary alicyclic amines) is 1. The van der Waals surface area contributed by atoms with Crippen LogP contribution in [0.1, 0.15) is 23.2 Å². The molecule has 2 aromatic rings. The summed E-state index contributed by atoms with van der Waals surface area (Å²) in [6.07, 6.45) is 1.41. The van der Waals surface area contributed by atoms with Gasteiger partial charge in [0.2, 0.25) is 15.9 Å². The molecule has 1 N–H and O–H groups in total. The average Bonchev–Trinajstić information content (AvgIpc) is 2.85. The van der Waals surface area contributed by atoms with Crippen molar-refractivity contribution >= 4 is 39.1 Å². The topological polar surface area (TPSA) is 96.0 Å². The van der Waals surface area contributed by atoms with Crippen LogP contribution in [-0.4, -0.2) is 68.8 Å². The van der Waals surface area contributed by atoms with Crippen LogP contribution in [-0.2, 0) is 19.6 Å². The lowest BCUT2D eigenvalue weighted by molar-refractivity contribution is -0.121. The first-order valence-electron chi connectivity index (χ1n) is 10.9. The second kappa shape index (κ2) is 10.2. The highest BCUT2D eigenvalue weighted by atomic mass is 35.5. The molecule has 8 nitrogen and oxygen atoms in total. The molecular weight excluding hydrogens is 466 g/mol. The number of rotatable bonds is 5. The zero-order valence-corrected chi connectivity index (χ0v) is 19.6. The van der Waals surface area contributed by atoms with Crippen LogP contribution in [0.25, 0.3) is 0 Å². The molecule has 1 unspecified atom stereocenters. The molecule has 1 atom stereocenters. The van der Waals surface area contributed by atoms with E-state index in [2.05, 4.69) is 5.32 Å². The van der Waals surface area contributed by atoms with Crippen LogP contribution in [0.5, 0.6) is 0 Å². The second-order valence-corrected chi connectivity index (χ2v) is 10.5. The Kier molecular flexibility index (Phi) is 7.33. The molecule has 33 heavy (non-hydrogen) atoms. The number of anilines is 1. The SMILES string of the molecule is O=C(Nc1ccc(S(=O)(=O)N2CCOCC2)cc1)C1CCCN(C(=O)c2ccc(Cl)cc2)C1. The van der Waals surface area contributed by atoms with Crippen LogP contribution >= 0.6 is 11.6 Å². The number of amides is 2. The number of nitrogens with zero attached hydrogens (tertiary/aromatic N) is 2. The molecule has 0 aromatic heterocycles. The van der Waals surface area contributed by atoms with E-state index in [-0.39, 0.29) is 22.6 Å². The molecule has 2 fully saturated rings. The zero-order valence-electron chi connectivity index (χ0n) is 18.1. The van der Waals surface area contributed by atoms with Gasteiger partial charge in [0.1, 0.15) is 0 Å². The van der Waals surface area contributed by atoms with E-state index < -0.39 is 10.0 Å². The third-order valence-electron chi connectivity index (χ3n) is 5.90. The maximum atomic E-state index is 12.8. The highest BCUT2D eigenvalue weighted by Gasteiger charge is 2.29. The number of ether oxygens (including phenoxy) is 1. The highest BCUT2D eigenvalue weighted by Crippen LogP contribution is 2.23. The Morgan fingerprint density at radius 1 is 0.970 bits per heavy atom. The summed E-state index contributed by atoms with van der Waals surface area (Å²) < 4.78 is 32.1. The lowest BCUT2D eigenvalue weighted by Gasteiger charge is -2.32. The summed E-state index contributed by atoms with van der Waals surface area (Å²) in [5.74, 6) is -0.652. The molecule has 0 bridgehead atoms. The molecule has 0 aliphatic carbocycles. The smallest absolute Gasteiger partial charge is 0.253 e. The zero-order chi connectivity index (χ0) is 23.4. The summed E-state index contributed by atoms with van der Waals surface area (Å²) >= 11 is 5.90. The fraction of sp³-hybridized carbons (Fsp3) is 0.391. The number of nitrogens with one attached hydrogen (secondary N) is 1. The summed E-state index contributed by atoms with van der Waals surface area (Å²) in [6, 6.07) is 12.9. The quantitative estimate of drug-likeness (QED) is 0.693. The molecule has 0 saturated carbocycles. The minimum Gasteiger partial charge on any atom is -0.379 e. The Bertz CT molecular complexity index is 1100. The van der Waals surface area contributed by atoms with Gasteiger partial charge in [0.05, 0.1) is 24.0 Å². The maximum Gasteiger partial charge on any atom is 0.253 e. The number of piperidine rings is 1. The lowest BCUT2D eigenvalue weighted by Crippen LogP contribution is -2.43. The first-order valence-corrected chi connectivity index (χ1v) is 12.7. The number of hydrogen-bond donors (Lipinski definition) is 1. The summed E-state index contributed by atoms with van der Waals surface area (Å²) in [5, 5.41) is 3.42. The Hall–Kier alpha value is -2.46. The van der Waals surface area contributed by atoms with Gasteiger partial charge in [-0.25, -0.2) is 8.42 Å². The maximum absolute atomic E-state index is 12.8. The predicted molar refractivity (Wildman–Crippen MR) is 125 cm³/mol. The Balaban J connectivity index is 1.37. The first kappa shape index (κ1) is 23.7. The van der Waals surface area contributed by atoms with Gasteiger partial charge in [0.25, 0.3) is 5.91 Å². The van der Waals surface area contributed by atoms with Gasteiger partial charge in [-0.15, -0.1) is 0 Å². The molecule has 2 aliphatic rings. The molecule has 10 heteroatoms. The fourth-order valence-corrected chi connectivity index (χ4v) is 5.58. The van der Waals surface area contributed by atoms with Crippen LogP contribution in [0.2, 0.25) is 5.02 Å². The molecule has 2 aromatic carbocycles. The molecule has 176 valence electrons. The van der Waals surface area contributed by atoms with Crippen molar-refractivity contribution in [3.63, 3.8) is 0 Å². The number of morpholine rings is 1. The average molecular weight is 492 g/mol. The number of halogens is 1. The van der Waals surface area contributed by atoms with Crippen LogP contribution < -0.4 is 5.32 Å². The number of benzene rings is 2. The molecule has 2 saturated heterocycles. The third kappa shape index (κ3) is 5.55. The minimum absolute atomic E-state index is 0.123. The van der Waals surface area contributed by atoms with Gasteiger partial charge in [0.15, 0.2) is 0 Å². The van der Waals surface area contributed by atoms with Gasteiger partial charge >= 0.3 is 0 Å². The molecule has 4 rings (SSSR count). The Morgan fingerprint density at radius 2 is 1.64 bits per heavy atom. The van der Waals surface area contributed by atoms with Crippen molar-refractivity contribution in [2.24, 2.45) is 5.92 Å². The van der Waals surface area contributed by atoms with Crippen molar-refractivity contribution in [1.29, 1.82) is 0 Å². The summed E-state index contributed by atoms with van der Waals surface area (Å²) in [7, 11) is -3.59. The second-order valence-electron chi connectivity index (χ2n) is 8.13. The normalized spacial score (nSPS) is 19.8. The van der Waals surface area contributed by atoms with Crippen LogP contribution in [0.15, 0.2) is 53.4 Å². The van der Waals surface area contributed by atoms with Crippen molar-refractivity contribution in [2.75, 3.05) is 44.7 Å².